The molecule has 0 aliphatic carbocycles. The monoisotopic (exact) mass is 644 g/mol. The van der Waals surface area contributed by atoms with Gasteiger partial charge in [-0.2, -0.15) is 0 Å². The van der Waals surface area contributed by atoms with Crippen LogP contribution >= 0.6 is 0 Å². The molecule has 2 aliphatic heterocycles. The lowest BCUT2D eigenvalue weighted by Gasteiger charge is -2.38. The number of nitrogen functional groups attached to an aromatic ring is 1. The van der Waals surface area contributed by atoms with Crippen LogP contribution < -0.4 is 16.4 Å². The number of ether oxygens (including phenoxy) is 3. The third kappa shape index (κ3) is 10.1. The minimum atomic E-state index is -0.556. The van der Waals surface area contributed by atoms with E-state index in [-0.39, 0.29) is 30.6 Å². The normalized spacial score (nSPS) is 21.4. The van der Waals surface area contributed by atoms with Crippen molar-refractivity contribution in [3.05, 3.63) is 89.5 Å². The van der Waals surface area contributed by atoms with Crippen LogP contribution in [0.1, 0.15) is 80.5 Å². The van der Waals surface area contributed by atoms with E-state index in [1.54, 1.807) is 19.2 Å². The molecule has 5 N–H and O–H groups in total. The molecule has 4 atom stereocenters. The van der Waals surface area contributed by atoms with Crippen molar-refractivity contribution in [2.45, 2.75) is 82.5 Å². The zero-order valence-electron chi connectivity index (χ0n) is 27.2. The maximum Gasteiger partial charge on any atom is 0.224 e. The predicted molar refractivity (Wildman–Crippen MR) is 183 cm³/mol. The van der Waals surface area contributed by atoms with Crippen molar-refractivity contribution in [1.82, 2.24) is 4.90 Å². The average molecular weight is 645 g/mol. The zero-order valence-corrected chi connectivity index (χ0v) is 27.2. The van der Waals surface area contributed by atoms with Crippen molar-refractivity contribution in [1.29, 1.82) is 0 Å². The summed E-state index contributed by atoms with van der Waals surface area (Å²) in [5.41, 5.74) is 10.6. The largest absolute Gasteiger partial charge is 0.397 e. The molecule has 2 amide bonds. The Hall–Kier alpha value is -3.80. The summed E-state index contributed by atoms with van der Waals surface area (Å²) in [6.07, 6.45) is 5.18. The third-order valence-electron chi connectivity index (χ3n) is 8.92. The lowest BCUT2D eigenvalue weighted by atomic mass is 9.99. The number of likely N-dealkylation sites (tertiary alicyclic amines) is 1. The predicted octanol–water partition coefficient (Wildman–Crippen LogP) is 5.95. The van der Waals surface area contributed by atoms with Crippen LogP contribution in [0.15, 0.2) is 72.8 Å². The molecule has 2 fully saturated rings. The van der Waals surface area contributed by atoms with E-state index in [1.165, 1.54) is 0 Å². The molecule has 252 valence electrons. The number of anilines is 3. The first-order valence-corrected chi connectivity index (χ1v) is 16.7. The lowest BCUT2D eigenvalue weighted by molar-refractivity contribution is -0.253. The number of hydrogen-bond donors (Lipinski definition) is 4. The molecule has 0 radical (unpaired) electrons. The average Bonchev–Trinajstić information content (AvgIpc) is 3.52. The summed E-state index contributed by atoms with van der Waals surface area (Å²) in [6, 6.07) is 23.1. The van der Waals surface area contributed by atoms with Crippen molar-refractivity contribution in [2.75, 3.05) is 43.2 Å². The summed E-state index contributed by atoms with van der Waals surface area (Å²) < 4.78 is 18.5. The van der Waals surface area contributed by atoms with Crippen molar-refractivity contribution >= 4 is 28.9 Å². The van der Waals surface area contributed by atoms with E-state index in [1.807, 2.05) is 60.7 Å². The third-order valence-corrected chi connectivity index (χ3v) is 8.92. The van der Waals surface area contributed by atoms with E-state index >= 15 is 0 Å². The standard InChI is InChI=1S/C37H48N4O6/c1-45-25-30-8-7-21-41(30)23-31-22-34(27-15-13-26(24-42)14-16-27)47-37(46-31)28-17-19-29(20-18-28)39-35(43)11-3-2-4-12-36(44)40-33-10-6-5-9-32(33)38/h5-6,9-10,13-20,30-31,34,37,42H,2-4,7-8,11-12,21-25,38H2,1H3,(H,39,43)(H,40,44)/t30-,31-,34+,37+/m0/s1. The fourth-order valence-corrected chi connectivity index (χ4v) is 6.33. The highest BCUT2D eigenvalue weighted by molar-refractivity contribution is 5.93. The Morgan fingerprint density at radius 1 is 0.915 bits per heavy atom. The molecular weight excluding hydrogens is 596 g/mol. The number of unbranched alkanes of at least 4 members (excludes halogenated alkanes) is 2. The minimum Gasteiger partial charge on any atom is -0.397 e. The van der Waals surface area contributed by atoms with Crippen LogP contribution in [0, 0.1) is 0 Å². The first-order chi connectivity index (χ1) is 22.9. The van der Waals surface area contributed by atoms with Gasteiger partial charge in [0, 0.05) is 50.2 Å². The van der Waals surface area contributed by atoms with Gasteiger partial charge in [0.2, 0.25) is 11.8 Å². The van der Waals surface area contributed by atoms with Crippen LogP contribution in [0.25, 0.3) is 0 Å². The molecule has 0 bridgehead atoms. The van der Waals surface area contributed by atoms with E-state index in [9.17, 15) is 14.7 Å². The number of para-hydroxylation sites is 2. The summed E-state index contributed by atoms with van der Waals surface area (Å²) in [5.74, 6) is -0.144. The molecule has 0 spiro atoms. The van der Waals surface area contributed by atoms with Crippen LogP contribution in [0.3, 0.4) is 0 Å². The van der Waals surface area contributed by atoms with Gasteiger partial charge in [0.1, 0.15) is 0 Å². The number of methoxy groups -OCH3 is 1. The van der Waals surface area contributed by atoms with Gasteiger partial charge in [-0.1, -0.05) is 55.0 Å². The Morgan fingerprint density at radius 2 is 1.62 bits per heavy atom. The molecule has 5 rings (SSSR count). The summed E-state index contributed by atoms with van der Waals surface area (Å²) >= 11 is 0. The second kappa shape index (κ2) is 17.4. The van der Waals surface area contributed by atoms with E-state index in [2.05, 4.69) is 15.5 Å². The van der Waals surface area contributed by atoms with Gasteiger partial charge < -0.3 is 35.7 Å². The maximum absolute atomic E-state index is 12.6. The Bertz CT molecular complexity index is 1430. The number of nitrogens with one attached hydrogen (secondary N) is 2. The number of rotatable bonds is 15. The second-order valence-corrected chi connectivity index (χ2v) is 12.5. The summed E-state index contributed by atoms with van der Waals surface area (Å²) in [7, 11) is 1.75. The van der Waals surface area contributed by atoms with Crippen molar-refractivity contribution in [2.24, 2.45) is 0 Å². The highest BCUT2D eigenvalue weighted by Gasteiger charge is 2.35. The molecule has 2 saturated heterocycles. The molecule has 10 heteroatoms. The van der Waals surface area contributed by atoms with Gasteiger partial charge in [0.15, 0.2) is 6.29 Å². The van der Waals surface area contributed by atoms with Gasteiger partial charge in [-0.15, -0.1) is 0 Å². The molecule has 0 saturated carbocycles. The smallest absolute Gasteiger partial charge is 0.224 e. The molecule has 3 aromatic carbocycles. The molecule has 47 heavy (non-hydrogen) atoms. The fourth-order valence-electron chi connectivity index (χ4n) is 6.33. The Morgan fingerprint density at radius 3 is 2.32 bits per heavy atom. The number of aliphatic hydroxyl groups is 1. The van der Waals surface area contributed by atoms with Crippen LogP contribution in [-0.2, 0) is 30.4 Å². The van der Waals surface area contributed by atoms with Gasteiger partial charge in [-0.3, -0.25) is 14.5 Å². The van der Waals surface area contributed by atoms with Crippen LogP contribution in [0.2, 0.25) is 0 Å². The molecule has 3 aromatic rings. The molecule has 2 heterocycles. The molecule has 2 aliphatic rings. The minimum absolute atomic E-state index is 0.00305. The molecular formula is C37H48N4O6. The van der Waals surface area contributed by atoms with E-state index in [0.29, 0.717) is 55.4 Å². The number of aliphatic hydroxyl groups excluding tert-OH is 1. The summed E-state index contributed by atoms with van der Waals surface area (Å²) in [6.45, 7) is 2.55. The zero-order chi connectivity index (χ0) is 33.0. The first kappa shape index (κ1) is 34.5. The second-order valence-electron chi connectivity index (χ2n) is 12.5. The highest BCUT2D eigenvalue weighted by Crippen LogP contribution is 2.39. The number of hydrogen-bond acceptors (Lipinski definition) is 8. The first-order valence-electron chi connectivity index (χ1n) is 16.7. The van der Waals surface area contributed by atoms with Gasteiger partial charge in [0.25, 0.3) is 0 Å². The number of carbonyl (C=O) groups excluding carboxylic acids is 2. The number of nitrogens with two attached hydrogens (primary N) is 1. The molecule has 0 unspecified atom stereocenters. The molecule has 10 nitrogen and oxygen atoms in total. The number of carbonyl (C=O) groups is 2. The highest BCUT2D eigenvalue weighted by atomic mass is 16.7. The van der Waals surface area contributed by atoms with Crippen molar-refractivity contribution < 1.29 is 28.9 Å². The van der Waals surface area contributed by atoms with Crippen LogP contribution in [0.4, 0.5) is 17.1 Å². The van der Waals surface area contributed by atoms with E-state index in [0.717, 1.165) is 55.5 Å². The van der Waals surface area contributed by atoms with Gasteiger partial charge in [-0.05, 0) is 67.6 Å². The number of amides is 2. The van der Waals surface area contributed by atoms with E-state index in [4.69, 9.17) is 19.9 Å². The van der Waals surface area contributed by atoms with E-state index < -0.39 is 6.29 Å². The summed E-state index contributed by atoms with van der Waals surface area (Å²) in [5, 5.41) is 15.3. The van der Waals surface area contributed by atoms with Crippen molar-refractivity contribution in [3.8, 4) is 0 Å². The quantitative estimate of drug-likeness (QED) is 0.118. The van der Waals surface area contributed by atoms with Crippen LogP contribution in [-0.4, -0.2) is 60.8 Å². The fraction of sp³-hybridized carbons (Fsp3) is 0.459. The van der Waals surface area contributed by atoms with Crippen molar-refractivity contribution in [3.63, 3.8) is 0 Å². The SMILES string of the molecule is COC[C@@H]1CCCN1C[C@@H]1C[C@H](c2ccc(CO)cc2)O[C@H](c2ccc(NC(=O)CCCCCC(=O)Nc3ccccc3N)cc2)O1. The van der Waals surface area contributed by atoms with Gasteiger partial charge >= 0.3 is 0 Å². The Kier molecular flexibility index (Phi) is 12.8. The Balaban J connectivity index is 1.12. The molecule has 0 aromatic heterocycles. The summed E-state index contributed by atoms with van der Waals surface area (Å²) in [4.78, 5) is 27.3. The number of benzene rings is 3. The maximum atomic E-state index is 12.6. The van der Waals surface area contributed by atoms with Crippen LogP contribution in [0.5, 0.6) is 0 Å². The Labute approximate surface area is 277 Å². The number of nitrogens with zero attached hydrogens (tertiary/aromatic N) is 1. The van der Waals surface area contributed by atoms with Gasteiger partial charge in [-0.25, -0.2) is 0 Å². The lowest BCUT2D eigenvalue weighted by Crippen LogP contribution is -2.42. The topological polar surface area (TPSA) is 135 Å². The van der Waals surface area contributed by atoms with Gasteiger partial charge in [0.05, 0.1) is 36.8 Å².